The van der Waals surface area contributed by atoms with Crippen LogP contribution >= 0.6 is 0 Å². The van der Waals surface area contributed by atoms with Gasteiger partial charge in [-0.25, -0.2) is 4.98 Å². The second-order valence-electron chi connectivity index (χ2n) is 5.91. The van der Waals surface area contributed by atoms with E-state index >= 15 is 0 Å². The Kier molecular flexibility index (Phi) is 4.20. The highest BCUT2D eigenvalue weighted by molar-refractivity contribution is 5.65. The molecule has 0 amide bonds. The Hall–Kier alpha value is -1.87. The van der Waals surface area contributed by atoms with E-state index in [-0.39, 0.29) is 0 Å². The highest BCUT2D eigenvalue weighted by atomic mass is 15.2. The normalized spacial score (nSPS) is 14.3. The number of benzene rings is 1. The van der Waals surface area contributed by atoms with Crippen LogP contribution in [0.3, 0.4) is 0 Å². The van der Waals surface area contributed by atoms with Gasteiger partial charge in [0, 0.05) is 24.8 Å². The maximum absolute atomic E-state index is 4.83. The van der Waals surface area contributed by atoms with Crippen molar-refractivity contribution in [3.05, 3.63) is 53.7 Å². The van der Waals surface area contributed by atoms with Gasteiger partial charge < -0.3 is 10.2 Å². The standard InChI is InChI=1S/C18H23N3/c1-14(2)19-13-16-9-5-11-18(20-16)21-12-6-8-15-7-3-4-10-17(15)21/h3-5,7,9-11,14,19H,6,8,12-13H2,1-2H3. The molecule has 0 atom stereocenters. The van der Waals surface area contributed by atoms with Crippen molar-refractivity contribution in [3.8, 4) is 0 Å². The smallest absolute Gasteiger partial charge is 0.133 e. The molecule has 3 nitrogen and oxygen atoms in total. The number of hydrogen-bond acceptors (Lipinski definition) is 3. The van der Waals surface area contributed by atoms with Gasteiger partial charge in [-0.3, -0.25) is 0 Å². The van der Waals surface area contributed by atoms with E-state index in [1.165, 1.54) is 24.1 Å². The van der Waals surface area contributed by atoms with Gasteiger partial charge in [-0.2, -0.15) is 0 Å². The summed E-state index contributed by atoms with van der Waals surface area (Å²) in [6.45, 7) is 6.18. The fraction of sp³-hybridized carbons (Fsp3) is 0.389. The predicted molar refractivity (Wildman–Crippen MR) is 88.0 cm³/mol. The number of para-hydroxylation sites is 1. The summed E-state index contributed by atoms with van der Waals surface area (Å²) in [6, 6.07) is 15.5. The fourth-order valence-corrected chi connectivity index (χ4v) is 2.80. The van der Waals surface area contributed by atoms with E-state index in [0.29, 0.717) is 6.04 Å². The molecule has 2 heterocycles. The molecule has 0 saturated carbocycles. The molecule has 0 radical (unpaired) electrons. The molecule has 1 aliphatic heterocycles. The van der Waals surface area contributed by atoms with Crippen molar-refractivity contribution in [2.45, 2.75) is 39.3 Å². The number of rotatable bonds is 4. The minimum atomic E-state index is 0.478. The third-order valence-electron chi connectivity index (χ3n) is 3.87. The lowest BCUT2D eigenvalue weighted by molar-refractivity contribution is 0.581. The van der Waals surface area contributed by atoms with Gasteiger partial charge in [0.2, 0.25) is 0 Å². The first-order valence-corrected chi connectivity index (χ1v) is 7.79. The molecule has 0 aliphatic carbocycles. The number of pyridine rings is 1. The Morgan fingerprint density at radius 1 is 1.14 bits per heavy atom. The second kappa shape index (κ2) is 6.27. The molecule has 0 bridgehead atoms. The molecule has 3 heteroatoms. The Morgan fingerprint density at radius 3 is 2.86 bits per heavy atom. The van der Waals surface area contributed by atoms with Crippen molar-refractivity contribution < 1.29 is 0 Å². The van der Waals surface area contributed by atoms with Gasteiger partial charge in [0.25, 0.3) is 0 Å². The lowest BCUT2D eigenvalue weighted by Crippen LogP contribution is -2.26. The first-order chi connectivity index (χ1) is 10.2. The fourth-order valence-electron chi connectivity index (χ4n) is 2.80. The zero-order valence-corrected chi connectivity index (χ0v) is 12.8. The third kappa shape index (κ3) is 3.24. The van der Waals surface area contributed by atoms with E-state index in [2.05, 4.69) is 66.5 Å². The largest absolute Gasteiger partial charge is 0.326 e. The summed E-state index contributed by atoms with van der Waals surface area (Å²) in [4.78, 5) is 7.18. The van der Waals surface area contributed by atoms with Crippen LogP contribution in [0.2, 0.25) is 0 Å². The first kappa shape index (κ1) is 14.1. The van der Waals surface area contributed by atoms with Crippen LogP contribution in [0, 0.1) is 0 Å². The molecular weight excluding hydrogens is 258 g/mol. The number of nitrogens with zero attached hydrogens (tertiary/aromatic N) is 2. The van der Waals surface area contributed by atoms with E-state index in [1.54, 1.807) is 0 Å². The van der Waals surface area contributed by atoms with E-state index in [0.717, 1.165) is 24.6 Å². The molecule has 0 fully saturated rings. The number of nitrogens with one attached hydrogen (secondary N) is 1. The van der Waals surface area contributed by atoms with Crippen molar-refractivity contribution in [2.75, 3.05) is 11.4 Å². The Balaban J connectivity index is 1.86. The van der Waals surface area contributed by atoms with Gasteiger partial charge in [0.1, 0.15) is 5.82 Å². The number of fused-ring (bicyclic) bond motifs is 1. The number of hydrogen-bond donors (Lipinski definition) is 1. The quantitative estimate of drug-likeness (QED) is 0.927. The van der Waals surface area contributed by atoms with Crippen molar-refractivity contribution >= 4 is 11.5 Å². The van der Waals surface area contributed by atoms with Crippen molar-refractivity contribution in [1.82, 2.24) is 10.3 Å². The van der Waals surface area contributed by atoms with Crippen LogP contribution in [0.5, 0.6) is 0 Å². The van der Waals surface area contributed by atoms with Crippen LogP contribution in [-0.2, 0) is 13.0 Å². The highest BCUT2D eigenvalue weighted by Crippen LogP contribution is 2.32. The van der Waals surface area contributed by atoms with Gasteiger partial charge in [0.05, 0.1) is 5.69 Å². The highest BCUT2D eigenvalue weighted by Gasteiger charge is 2.18. The Morgan fingerprint density at radius 2 is 2.00 bits per heavy atom. The summed E-state index contributed by atoms with van der Waals surface area (Å²) >= 11 is 0. The zero-order valence-electron chi connectivity index (χ0n) is 12.8. The lowest BCUT2D eigenvalue weighted by atomic mass is 10.0. The summed E-state index contributed by atoms with van der Waals surface area (Å²) in [5, 5.41) is 3.43. The zero-order chi connectivity index (χ0) is 14.7. The lowest BCUT2D eigenvalue weighted by Gasteiger charge is -2.30. The molecule has 3 rings (SSSR count). The van der Waals surface area contributed by atoms with Crippen LogP contribution < -0.4 is 10.2 Å². The van der Waals surface area contributed by atoms with E-state index in [4.69, 9.17) is 4.98 Å². The van der Waals surface area contributed by atoms with Crippen molar-refractivity contribution in [2.24, 2.45) is 0 Å². The van der Waals surface area contributed by atoms with Crippen LogP contribution in [0.4, 0.5) is 11.5 Å². The summed E-state index contributed by atoms with van der Waals surface area (Å²) in [5.41, 5.74) is 3.84. The Labute approximate surface area is 127 Å². The van der Waals surface area contributed by atoms with Crippen molar-refractivity contribution in [1.29, 1.82) is 0 Å². The molecule has 110 valence electrons. The minimum absolute atomic E-state index is 0.478. The number of aromatic nitrogens is 1. The van der Waals surface area contributed by atoms with Crippen molar-refractivity contribution in [3.63, 3.8) is 0 Å². The van der Waals surface area contributed by atoms with Gasteiger partial charge in [-0.05, 0) is 36.6 Å². The van der Waals surface area contributed by atoms with Crippen LogP contribution in [0.15, 0.2) is 42.5 Å². The molecular formula is C18H23N3. The number of aryl methyl sites for hydroxylation is 1. The summed E-state index contributed by atoms with van der Waals surface area (Å²) in [7, 11) is 0. The molecule has 0 unspecified atom stereocenters. The molecule has 1 aliphatic rings. The van der Waals surface area contributed by atoms with Gasteiger partial charge in [-0.1, -0.05) is 38.1 Å². The number of anilines is 2. The average Bonchev–Trinajstić information content (AvgIpc) is 2.52. The molecule has 1 N–H and O–H groups in total. The van der Waals surface area contributed by atoms with E-state index in [9.17, 15) is 0 Å². The summed E-state index contributed by atoms with van der Waals surface area (Å²) in [6.07, 6.45) is 2.36. The maximum Gasteiger partial charge on any atom is 0.133 e. The topological polar surface area (TPSA) is 28.2 Å². The summed E-state index contributed by atoms with van der Waals surface area (Å²) in [5.74, 6) is 1.06. The average molecular weight is 281 g/mol. The monoisotopic (exact) mass is 281 g/mol. The van der Waals surface area contributed by atoms with E-state index in [1.807, 2.05) is 0 Å². The van der Waals surface area contributed by atoms with Crippen LogP contribution in [0.25, 0.3) is 0 Å². The maximum atomic E-state index is 4.83. The van der Waals surface area contributed by atoms with Crippen LogP contribution in [-0.4, -0.2) is 17.6 Å². The minimum Gasteiger partial charge on any atom is -0.326 e. The SMILES string of the molecule is CC(C)NCc1cccc(N2CCCc3ccccc32)n1. The molecule has 1 aromatic heterocycles. The molecule has 0 saturated heterocycles. The van der Waals surface area contributed by atoms with Gasteiger partial charge in [0.15, 0.2) is 0 Å². The predicted octanol–water partition coefficient (Wildman–Crippen LogP) is 3.66. The third-order valence-corrected chi connectivity index (χ3v) is 3.87. The van der Waals surface area contributed by atoms with E-state index < -0.39 is 0 Å². The van der Waals surface area contributed by atoms with Gasteiger partial charge >= 0.3 is 0 Å². The van der Waals surface area contributed by atoms with Crippen LogP contribution in [0.1, 0.15) is 31.5 Å². The molecule has 1 aromatic carbocycles. The molecule has 2 aromatic rings. The molecule has 21 heavy (non-hydrogen) atoms. The second-order valence-corrected chi connectivity index (χ2v) is 5.91. The Bertz CT molecular complexity index is 607. The van der Waals surface area contributed by atoms with Gasteiger partial charge in [-0.15, -0.1) is 0 Å². The molecule has 0 spiro atoms. The summed E-state index contributed by atoms with van der Waals surface area (Å²) < 4.78 is 0. The first-order valence-electron chi connectivity index (χ1n) is 7.79.